The summed E-state index contributed by atoms with van der Waals surface area (Å²) < 4.78 is 2.30. The molecule has 0 saturated heterocycles. The SMILES string of the molecule is O=Cc1nc(C2CC2)n2c1CCCC2. The molecule has 0 N–H and O–H groups in total. The number of imidazole rings is 1. The molecular weight excluding hydrogens is 176 g/mol. The summed E-state index contributed by atoms with van der Waals surface area (Å²) >= 11 is 0. The molecule has 0 unspecified atom stereocenters. The Morgan fingerprint density at radius 2 is 2.21 bits per heavy atom. The molecule has 0 atom stereocenters. The number of hydrogen-bond acceptors (Lipinski definition) is 2. The lowest BCUT2D eigenvalue weighted by molar-refractivity contribution is 0.111. The molecule has 1 aromatic heterocycles. The van der Waals surface area contributed by atoms with E-state index in [2.05, 4.69) is 9.55 Å². The van der Waals surface area contributed by atoms with Gasteiger partial charge in [0.15, 0.2) is 6.29 Å². The summed E-state index contributed by atoms with van der Waals surface area (Å²) in [6, 6.07) is 0. The molecule has 0 amide bonds. The summed E-state index contributed by atoms with van der Waals surface area (Å²) in [6.07, 6.45) is 6.92. The molecule has 0 spiro atoms. The number of nitrogens with zero attached hydrogens (tertiary/aromatic N) is 2. The number of carbonyl (C=O) groups is 1. The largest absolute Gasteiger partial charge is 0.331 e. The van der Waals surface area contributed by atoms with E-state index in [1.807, 2.05) is 0 Å². The van der Waals surface area contributed by atoms with Crippen LogP contribution in [0.1, 0.15) is 53.6 Å². The van der Waals surface area contributed by atoms with Crippen LogP contribution in [0.3, 0.4) is 0 Å². The maximum Gasteiger partial charge on any atom is 0.170 e. The van der Waals surface area contributed by atoms with Crippen LogP contribution in [0.4, 0.5) is 0 Å². The van der Waals surface area contributed by atoms with Crippen LogP contribution in [0, 0.1) is 0 Å². The molecule has 1 fully saturated rings. The first-order valence-electron chi connectivity index (χ1n) is 5.44. The molecule has 74 valence electrons. The van der Waals surface area contributed by atoms with Crippen LogP contribution in [0.2, 0.25) is 0 Å². The summed E-state index contributed by atoms with van der Waals surface area (Å²) in [5.74, 6) is 1.84. The van der Waals surface area contributed by atoms with Gasteiger partial charge in [0, 0.05) is 18.2 Å². The Labute approximate surface area is 83.1 Å². The molecule has 0 bridgehead atoms. The Morgan fingerprint density at radius 1 is 1.36 bits per heavy atom. The predicted molar refractivity (Wildman–Crippen MR) is 52.5 cm³/mol. The van der Waals surface area contributed by atoms with E-state index in [9.17, 15) is 4.79 Å². The van der Waals surface area contributed by atoms with E-state index in [0.717, 1.165) is 19.3 Å². The van der Waals surface area contributed by atoms with Gasteiger partial charge >= 0.3 is 0 Å². The fourth-order valence-electron chi connectivity index (χ4n) is 2.35. The first-order chi connectivity index (χ1) is 6.90. The van der Waals surface area contributed by atoms with Crippen molar-refractivity contribution in [1.29, 1.82) is 0 Å². The van der Waals surface area contributed by atoms with Gasteiger partial charge in [-0.05, 0) is 32.1 Å². The molecule has 3 rings (SSSR count). The van der Waals surface area contributed by atoms with Crippen molar-refractivity contribution in [1.82, 2.24) is 9.55 Å². The number of hydrogen-bond donors (Lipinski definition) is 0. The normalized spacial score (nSPS) is 20.6. The Balaban J connectivity index is 2.11. The molecule has 1 saturated carbocycles. The second-order valence-electron chi connectivity index (χ2n) is 4.30. The quantitative estimate of drug-likeness (QED) is 0.668. The Bertz CT molecular complexity index is 377. The van der Waals surface area contributed by atoms with Crippen molar-refractivity contribution in [3.05, 3.63) is 17.2 Å². The zero-order valence-electron chi connectivity index (χ0n) is 8.20. The van der Waals surface area contributed by atoms with Gasteiger partial charge in [-0.2, -0.15) is 0 Å². The highest BCUT2D eigenvalue weighted by atomic mass is 16.1. The molecule has 3 heteroatoms. The van der Waals surface area contributed by atoms with Gasteiger partial charge in [0.1, 0.15) is 11.5 Å². The molecular formula is C11H14N2O. The maximum atomic E-state index is 10.9. The van der Waals surface area contributed by atoms with Gasteiger partial charge < -0.3 is 4.57 Å². The van der Waals surface area contributed by atoms with Gasteiger partial charge in [0.2, 0.25) is 0 Å². The average molecular weight is 190 g/mol. The number of carbonyl (C=O) groups excluding carboxylic acids is 1. The molecule has 1 aliphatic carbocycles. The Hall–Kier alpha value is -1.12. The lowest BCUT2D eigenvalue weighted by atomic mass is 10.1. The predicted octanol–water partition coefficient (Wildman–Crippen LogP) is 1.91. The fourth-order valence-corrected chi connectivity index (χ4v) is 2.35. The van der Waals surface area contributed by atoms with Gasteiger partial charge in [-0.3, -0.25) is 4.79 Å². The zero-order chi connectivity index (χ0) is 9.54. The molecule has 0 radical (unpaired) electrons. The van der Waals surface area contributed by atoms with Gasteiger partial charge in [-0.25, -0.2) is 4.98 Å². The van der Waals surface area contributed by atoms with E-state index in [4.69, 9.17) is 0 Å². The molecule has 2 aliphatic rings. The van der Waals surface area contributed by atoms with Gasteiger partial charge in [0.05, 0.1) is 0 Å². The van der Waals surface area contributed by atoms with Gasteiger partial charge in [0.25, 0.3) is 0 Å². The minimum Gasteiger partial charge on any atom is -0.331 e. The summed E-state index contributed by atoms with van der Waals surface area (Å²) in [4.78, 5) is 15.3. The summed E-state index contributed by atoms with van der Waals surface area (Å²) in [5, 5.41) is 0. The maximum absolute atomic E-state index is 10.9. The fraction of sp³-hybridized carbons (Fsp3) is 0.636. The summed E-state index contributed by atoms with van der Waals surface area (Å²) in [6.45, 7) is 1.07. The van der Waals surface area contributed by atoms with E-state index < -0.39 is 0 Å². The zero-order valence-corrected chi connectivity index (χ0v) is 8.20. The average Bonchev–Trinajstić information content (AvgIpc) is 3.00. The second-order valence-corrected chi connectivity index (χ2v) is 4.30. The minimum absolute atomic E-state index is 0.653. The van der Waals surface area contributed by atoms with E-state index in [0.29, 0.717) is 11.6 Å². The standard InChI is InChI=1S/C11H14N2O/c14-7-9-10-3-1-2-6-13(10)11(12-9)8-4-5-8/h7-8H,1-6H2. The number of fused-ring (bicyclic) bond motifs is 1. The lowest BCUT2D eigenvalue weighted by Gasteiger charge is -2.16. The van der Waals surface area contributed by atoms with Crippen LogP contribution >= 0.6 is 0 Å². The lowest BCUT2D eigenvalue weighted by Crippen LogP contribution is -2.12. The number of aromatic nitrogens is 2. The first kappa shape index (κ1) is 8.21. The first-order valence-corrected chi connectivity index (χ1v) is 5.44. The van der Waals surface area contributed by atoms with Crippen LogP contribution in [-0.4, -0.2) is 15.8 Å². The molecule has 2 heterocycles. The smallest absolute Gasteiger partial charge is 0.170 e. The minimum atomic E-state index is 0.653. The van der Waals surface area contributed by atoms with E-state index in [1.54, 1.807) is 0 Å². The highest BCUT2D eigenvalue weighted by Gasteiger charge is 2.31. The van der Waals surface area contributed by atoms with Gasteiger partial charge in [-0.1, -0.05) is 0 Å². The highest BCUT2D eigenvalue weighted by Crippen LogP contribution is 2.40. The molecule has 1 aromatic rings. The molecule has 1 aliphatic heterocycles. The third-order valence-electron chi connectivity index (χ3n) is 3.23. The topological polar surface area (TPSA) is 34.9 Å². The van der Waals surface area contributed by atoms with E-state index in [1.165, 1.54) is 37.2 Å². The van der Waals surface area contributed by atoms with Crippen molar-refractivity contribution in [2.24, 2.45) is 0 Å². The van der Waals surface area contributed by atoms with Crippen LogP contribution in [0.5, 0.6) is 0 Å². The van der Waals surface area contributed by atoms with Crippen LogP contribution in [0.15, 0.2) is 0 Å². The van der Waals surface area contributed by atoms with E-state index in [-0.39, 0.29) is 0 Å². The van der Waals surface area contributed by atoms with Crippen LogP contribution < -0.4 is 0 Å². The van der Waals surface area contributed by atoms with Crippen LogP contribution in [0.25, 0.3) is 0 Å². The van der Waals surface area contributed by atoms with Crippen molar-refractivity contribution in [2.75, 3.05) is 0 Å². The molecule has 14 heavy (non-hydrogen) atoms. The Morgan fingerprint density at radius 3 is 2.93 bits per heavy atom. The van der Waals surface area contributed by atoms with Crippen molar-refractivity contribution in [3.8, 4) is 0 Å². The second kappa shape index (κ2) is 2.94. The Kier molecular flexibility index (Phi) is 1.72. The summed E-state index contributed by atoms with van der Waals surface area (Å²) in [5.41, 5.74) is 1.89. The monoisotopic (exact) mass is 190 g/mol. The number of rotatable bonds is 2. The molecule has 0 aromatic carbocycles. The van der Waals surface area contributed by atoms with Crippen molar-refractivity contribution < 1.29 is 4.79 Å². The third-order valence-corrected chi connectivity index (χ3v) is 3.23. The third kappa shape index (κ3) is 1.11. The van der Waals surface area contributed by atoms with Crippen LogP contribution in [-0.2, 0) is 13.0 Å². The van der Waals surface area contributed by atoms with Crippen molar-refractivity contribution >= 4 is 6.29 Å². The summed E-state index contributed by atoms with van der Waals surface area (Å²) in [7, 11) is 0. The van der Waals surface area contributed by atoms with Crippen molar-refractivity contribution in [2.45, 2.75) is 44.6 Å². The highest BCUT2D eigenvalue weighted by molar-refractivity contribution is 5.74. The molecule has 3 nitrogen and oxygen atoms in total. The van der Waals surface area contributed by atoms with Crippen molar-refractivity contribution in [3.63, 3.8) is 0 Å². The van der Waals surface area contributed by atoms with Gasteiger partial charge in [-0.15, -0.1) is 0 Å². The van der Waals surface area contributed by atoms with E-state index >= 15 is 0 Å². The number of aldehydes is 1.